The van der Waals surface area contributed by atoms with Gasteiger partial charge in [0.1, 0.15) is 0 Å². The van der Waals surface area contributed by atoms with E-state index in [9.17, 15) is 9.59 Å². The van der Waals surface area contributed by atoms with Gasteiger partial charge in [0.2, 0.25) is 5.91 Å². The molecule has 1 aliphatic rings. The number of carbonyl (C=O) groups excluding carboxylic acids is 2. The third-order valence-electron chi connectivity index (χ3n) is 5.54. The van der Waals surface area contributed by atoms with Gasteiger partial charge >= 0.3 is 0 Å². The second-order valence-electron chi connectivity index (χ2n) is 7.85. The van der Waals surface area contributed by atoms with Gasteiger partial charge in [-0.25, -0.2) is 0 Å². The van der Waals surface area contributed by atoms with Crippen molar-refractivity contribution < 1.29 is 9.59 Å². The molecule has 0 unspecified atom stereocenters. The monoisotopic (exact) mass is 470 g/mol. The van der Waals surface area contributed by atoms with Gasteiger partial charge in [0.15, 0.2) is 5.11 Å². The third-order valence-corrected chi connectivity index (χ3v) is 5.75. The van der Waals surface area contributed by atoms with E-state index < -0.39 is 0 Å². The molecule has 1 saturated heterocycles. The first-order valence-electron chi connectivity index (χ1n) is 11.1. The number of nitrogens with zero attached hydrogens (tertiary/aromatic N) is 2. The molecule has 1 aliphatic heterocycles. The minimum absolute atomic E-state index is 0.0547. The summed E-state index contributed by atoms with van der Waals surface area (Å²) in [6.07, 6.45) is 3.19. The topological polar surface area (TPSA) is 64.7 Å². The first-order chi connectivity index (χ1) is 16.6. The van der Waals surface area contributed by atoms with Crippen molar-refractivity contribution >= 4 is 46.6 Å². The van der Waals surface area contributed by atoms with Crippen molar-refractivity contribution in [3.05, 3.63) is 102 Å². The fraction of sp³-hybridized carbons (Fsp3) is 0.148. The van der Waals surface area contributed by atoms with Gasteiger partial charge in [-0.3, -0.25) is 14.9 Å². The van der Waals surface area contributed by atoms with Crippen LogP contribution in [0.5, 0.6) is 0 Å². The number of hydrogen-bond acceptors (Lipinski definition) is 4. The van der Waals surface area contributed by atoms with E-state index in [0.717, 1.165) is 16.9 Å². The zero-order chi connectivity index (χ0) is 23.8. The van der Waals surface area contributed by atoms with Crippen LogP contribution in [-0.4, -0.2) is 48.0 Å². The molecule has 172 valence electrons. The van der Waals surface area contributed by atoms with Crippen LogP contribution in [-0.2, 0) is 4.79 Å². The van der Waals surface area contributed by atoms with Gasteiger partial charge < -0.3 is 15.1 Å². The van der Waals surface area contributed by atoms with Gasteiger partial charge in [0.25, 0.3) is 5.91 Å². The Hall–Kier alpha value is -3.97. The number of hydrogen-bond donors (Lipinski definition) is 2. The summed E-state index contributed by atoms with van der Waals surface area (Å²) < 4.78 is 0. The Balaban J connectivity index is 1.34. The lowest BCUT2D eigenvalue weighted by molar-refractivity contribution is -0.115. The molecule has 0 atom stereocenters. The Morgan fingerprint density at radius 2 is 1.41 bits per heavy atom. The zero-order valence-electron chi connectivity index (χ0n) is 18.7. The van der Waals surface area contributed by atoms with Crippen LogP contribution in [0.15, 0.2) is 91.0 Å². The molecule has 3 aromatic rings. The molecule has 0 radical (unpaired) electrons. The number of amides is 2. The molecule has 0 spiro atoms. The van der Waals surface area contributed by atoms with Crippen LogP contribution in [0.4, 0.5) is 11.4 Å². The molecule has 1 heterocycles. The van der Waals surface area contributed by atoms with Gasteiger partial charge in [0.05, 0.1) is 11.4 Å². The van der Waals surface area contributed by atoms with E-state index in [2.05, 4.69) is 15.5 Å². The molecular weight excluding hydrogens is 444 g/mol. The van der Waals surface area contributed by atoms with E-state index in [4.69, 9.17) is 12.2 Å². The first-order valence-corrected chi connectivity index (χ1v) is 11.5. The normalized spacial score (nSPS) is 13.5. The Labute approximate surface area is 204 Å². The summed E-state index contributed by atoms with van der Waals surface area (Å²) in [5.41, 5.74) is 3.43. The van der Waals surface area contributed by atoms with Gasteiger partial charge in [-0.15, -0.1) is 0 Å². The van der Waals surface area contributed by atoms with Crippen LogP contribution in [0, 0.1) is 0 Å². The van der Waals surface area contributed by atoms with Crippen LogP contribution in [0.1, 0.15) is 15.9 Å². The second kappa shape index (κ2) is 11.2. The Morgan fingerprint density at radius 3 is 2.12 bits per heavy atom. The van der Waals surface area contributed by atoms with E-state index >= 15 is 0 Å². The summed E-state index contributed by atoms with van der Waals surface area (Å²) in [5.74, 6) is -0.244. The lowest BCUT2D eigenvalue weighted by Gasteiger charge is -2.37. The molecule has 3 aromatic carbocycles. The quantitative estimate of drug-likeness (QED) is 0.433. The van der Waals surface area contributed by atoms with E-state index in [0.29, 0.717) is 31.7 Å². The highest BCUT2D eigenvalue weighted by atomic mass is 32.1. The Kier molecular flexibility index (Phi) is 7.67. The molecule has 4 rings (SSSR count). The van der Waals surface area contributed by atoms with Crippen molar-refractivity contribution in [2.45, 2.75) is 0 Å². The smallest absolute Gasteiger partial charge is 0.253 e. The highest BCUT2D eigenvalue weighted by Crippen LogP contribution is 2.27. The SMILES string of the molecule is O=C(C=Cc1ccccc1)NC(=S)Nc1ccccc1N1CCN(C(=O)c2ccccc2)CC1. The van der Waals surface area contributed by atoms with E-state index in [1.165, 1.54) is 6.08 Å². The van der Waals surface area contributed by atoms with Crippen LogP contribution < -0.4 is 15.5 Å². The molecule has 2 amide bonds. The maximum absolute atomic E-state index is 12.7. The van der Waals surface area contributed by atoms with Gasteiger partial charge in [-0.2, -0.15) is 0 Å². The van der Waals surface area contributed by atoms with E-state index in [-0.39, 0.29) is 16.9 Å². The van der Waals surface area contributed by atoms with Gasteiger partial charge in [-0.05, 0) is 48.1 Å². The minimum Gasteiger partial charge on any atom is -0.366 e. The number of benzene rings is 3. The van der Waals surface area contributed by atoms with Crippen molar-refractivity contribution in [1.82, 2.24) is 10.2 Å². The third kappa shape index (κ3) is 6.08. The van der Waals surface area contributed by atoms with Gasteiger partial charge in [0, 0.05) is 37.8 Å². The number of thiocarbonyl (C=S) groups is 1. The Bertz CT molecular complexity index is 1170. The number of carbonyl (C=O) groups is 2. The summed E-state index contributed by atoms with van der Waals surface area (Å²) in [7, 11) is 0. The van der Waals surface area contributed by atoms with Crippen molar-refractivity contribution in [2.24, 2.45) is 0 Å². The Morgan fingerprint density at radius 1 is 0.794 bits per heavy atom. The van der Waals surface area contributed by atoms with Gasteiger partial charge in [-0.1, -0.05) is 60.7 Å². The largest absolute Gasteiger partial charge is 0.366 e. The highest BCUT2D eigenvalue weighted by molar-refractivity contribution is 7.80. The highest BCUT2D eigenvalue weighted by Gasteiger charge is 2.23. The average molecular weight is 471 g/mol. The predicted molar refractivity (Wildman–Crippen MR) is 141 cm³/mol. The van der Waals surface area contributed by atoms with E-state index in [1.54, 1.807) is 6.08 Å². The molecule has 0 aliphatic carbocycles. The number of piperazine rings is 1. The second-order valence-corrected chi connectivity index (χ2v) is 8.26. The molecular formula is C27H26N4O2S. The summed E-state index contributed by atoms with van der Waals surface area (Å²) in [6.45, 7) is 2.67. The van der Waals surface area contributed by atoms with Crippen molar-refractivity contribution in [3.8, 4) is 0 Å². The number of nitrogens with one attached hydrogen (secondary N) is 2. The summed E-state index contributed by atoms with van der Waals surface area (Å²) in [4.78, 5) is 29.1. The van der Waals surface area contributed by atoms with E-state index in [1.807, 2.05) is 89.8 Å². The predicted octanol–water partition coefficient (Wildman–Crippen LogP) is 4.18. The van der Waals surface area contributed by atoms with Crippen LogP contribution in [0.3, 0.4) is 0 Å². The van der Waals surface area contributed by atoms with Crippen molar-refractivity contribution in [2.75, 3.05) is 36.4 Å². The summed E-state index contributed by atoms with van der Waals surface area (Å²) in [5, 5.41) is 6.06. The van der Waals surface area contributed by atoms with Crippen LogP contribution in [0.25, 0.3) is 6.08 Å². The van der Waals surface area contributed by atoms with Crippen molar-refractivity contribution in [3.63, 3.8) is 0 Å². The number of para-hydroxylation sites is 2. The van der Waals surface area contributed by atoms with Crippen molar-refractivity contribution in [1.29, 1.82) is 0 Å². The fourth-order valence-electron chi connectivity index (χ4n) is 3.81. The molecule has 0 aromatic heterocycles. The fourth-order valence-corrected chi connectivity index (χ4v) is 4.02. The average Bonchev–Trinajstić information content (AvgIpc) is 2.88. The molecule has 6 nitrogen and oxygen atoms in total. The zero-order valence-corrected chi connectivity index (χ0v) is 19.5. The number of rotatable bonds is 5. The standard InChI is InChI=1S/C27H26N4O2S/c32-25(16-15-21-9-3-1-4-10-21)29-27(34)28-23-13-7-8-14-24(23)30-17-19-31(20-18-30)26(33)22-11-5-2-6-12-22/h1-16H,17-20H2,(H2,28,29,32,34). The first kappa shape index (κ1) is 23.2. The molecule has 0 bridgehead atoms. The number of anilines is 2. The molecule has 7 heteroatoms. The van der Waals surface area contributed by atoms with Crippen LogP contribution in [0.2, 0.25) is 0 Å². The maximum atomic E-state index is 12.7. The molecule has 1 fully saturated rings. The molecule has 0 saturated carbocycles. The summed E-state index contributed by atoms with van der Waals surface area (Å²) >= 11 is 5.36. The maximum Gasteiger partial charge on any atom is 0.253 e. The lowest BCUT2D eigenvalue weighted by atomic mass is 10.1. The molecule has 34 heavy (non-hydrogen) atoms. The molecule has 2 N–H and O–H groups in total. The lowest BCUT2D eigenvalue weighted by Crippen LogP contribution is -2.49. The minimum atomic E-state index is -0.299. The summed E-state index contributed by atoms with van der Waals surface area (Å²) in [6, 6.07) is 26.8. The van der Waals surface area contributed by atoms with Crippen LogP contribution >= 0.6 is 12.2 Å².